The molecule has 0 amide bonds. The minimum atomic E-state index is 0.788. The number of fused-ring (bicyclic) bond motifs is 1. The first-order valence-corrected chi connectivity index (χ1v) is 8.56. The molecule has 1 saturated heterocycles. The van der Waals surface area contributed by atoms with Gasteiger partial charge in [0.25, 0.3) is 0 Å². The van der Waals surface area contributed by atoms with Crippen LogP contribution in [-0.4, -0.2) is 42.1 Å². The molecule has 0 bridgehead atoms. The molecular formula is C19H24N3. The summed E-state index contributed by atoms with van der Waals surface area (Å²) in [5.74, 6) is 1.16. The van der Waals surface area contributed by atoms with Crippen LogP contribution in [0.2, 0.25) is 0 Å². The zero-order valence-electron chi connectivity index (χ0n) is 13.1. The van der Waals surface area contributed by atoms with Crippen molar-refractivity contribution < 1.29 is 0 Å². The Labute approximate surface area is 132 Å². The van der Waals surface area contributed by atoms with E-state index >= 15 is 0 Å². The molecule has 1 aliphatic heterocycles. The summed E-state index contributed by atoms with van der Waals surface area (Å²) in [7, 11) is 0. The fourth-order valence-electron chi connectivity index (χ4n) is 3.91. The molecule has 4 rings (SSSR count). The lowest BCUT2D eigenvalue weighted by Crippen LogP contribution is -2.51. The van der Waals surface area contributed by atoms with Crippen LogP contribution in [0.3, 0.4) is 0 Å². The molecule has 2 fully saturated rings. The largest absolute Gasteiger partial charge is 0.354 e. The zero-order chi connectivity index (χ0) is 14.8. The van der Waals surface area contributed by atoms with E-state index in [9.17, 15) is 0 Å². The Balaban J connectivity index is 1.48. The summed E-state index contributed by atoms with van der Waals surface area (Å²) in [6.45, 7) is 4.53. The minimum absolute atomic E-state index is 0.788. The van der Waals surface area contributed by atoms with E-state index in [1.54, 1.807) is 0 Å². The van der Waals surface area contributed by atoms with Gasteiger partial charge in [0, 0.05) is 43.8 Å². The van der Waals surface area contributed by atoms with Crippen molar-refractivity contribution in [2.45, 2.75) is 31.7 Å². The van der Waals surface area contributed by atoms with Gasteiger partial charge in [0.15, 0.2) is 0 Å². The molecule has 3 nitrogen and oxygen atoms in total. The second-order valence-corrected chi connectivity index (χ2v) is 6.49. The quantitative estimate of drug-likeness (QED) is 0.845. The molecule has 1 atom stereocenters. The maximum atomic E-state index is 4.67. The third kappa shape index (κ3) is 2.70. The van der Waals surface area contributed by atoms with Gasteiger partial charge in [0.1, 0.15) is 5.82 Å². The average Bonchev–Trinajstić information content (AvgIpc) is 2.62. The second-order valence-electron chi connectivity index (χ2n) is 6.49. The van der Waals surface area contributed by atoms with Crippen molar-refractivity contribution >= 4 is 16.6 Å². The predicted molar refractivity (Wildman–Crippen MR) is 92.1 cm³/mol. The third-order valence-electron chi connectivity index (χ3n) is 5.17. The Morgan fingerprint density at radius 1 is 1.00 bits per heavy atom. The van der Waals surface area contributed by atoms with Gasteiger partial charge in [0.05, 0.1) is 0 Å². The lowest BCUT2D eigenvalue weighted by Gasteiger charge is -2.41. The van der Waals surface area contributed by atoms with Gasteiger partial charge < -0.3 is 4.90 Å². The number of hydrogen-bond donors (Lipinski definition) is 0. The van der Waals surface area contributed by atoms with Crippen molar-refractivity contribution in [2.24, 2.45) is 0 Å². The van der Waals surface area contributed by atoms with Crippen LogP contribution in [0.25, 0.3) is 10.8 Å². The Kier molecular flexibility index (Phi) is 3.98. The van der Waals surface area contributed by atoms with E-state index < -0.39 is 0 Å². The van der Waals surface area contributed by atoms with Crippen LogP contribution in [0.5, 0.6) is 0 Å². The molecule has 0 spiro atoms. The van der Waals surface area contributed by atoms with Crippen LogP contribution in [0, 0.1) is 6.42 Å². The molecule has 115 valence electrons. The van der Waals surface area contributed by atoms with E-state index in [0.717, 1.165) is 24.9 Å². The second kappa shape index (κ2) is 6.25. The number of piperazine rings is 1. The van der Waals surface area contributed by atoms with Gasteiger partial charge in [-0.2, -0.15) is 0 Å². The lowest BCUT2D eigenvalue weighted by atomic mass is 9.94. The number of nitrogens with zero attached hydrogens (tertiary/aromatic N) is 3. The highest BCUT2D eigenvalue weighted by atomic mass is 15.3. The molecule has 1 aliphatic carbocycles. The monoisotopic (exact) mass is 294 g/mol. The highest BCUT2D eigenvalue weighted by Gasteiger charge is 2.26. The van der Waals surface area contributed by atoms with Crippen LogP contribution in [-0.2, 0) is 0 Å². The molecule has 1 aromatic heterocycles. The van der Waals surface area contributed by atoms with Crippen LogP contribution >= 0.6 is 0 Å². The Morgan fingerprint density at radius 3 is 2.68 bits per heavy atom. The van der Waals surface area contributed by atoms with Crippen molar-refractivity contribution in [1.29, 1.82) is 0 Å². The summed E-state index contributed by atoms with van der Waals surface area (Å²) in [6.07, 6.45) is 9.77. The van der Waals surface area contributed by atoms with Gasteiger partial charge in [-0.25, -0.2) is 4.98 Å². The van der Waals surface area contributed by atoms with Crippen LogP contribution in [0.15, 0.2) is 36.5 Å². The van der Waals surface area contributed by atoms with Gasteiger partial charge in [0.2, 0.25) is 0 Å². The molecule has 3 heteroatoms. The standard InChI is InChI=1S/C19H24N3/c1-2-7-17(8-3-1)21-12-14-22(15-13-21)19-18-9-5-4-6-16(18)10-11-20-19/h2,4-6,9-11,17H,1,3,7-8,12-15H2. The Bertz CT molecular complexity index is 620. The van der Waals surface area contributed by atoms with Crippen molar-refractivity contribution in [3.05, 3.63) is 42.9 Å². The van der Waals surface area contributed by atoms with E-state index in [2.05, 4.69) is 51.5 Å². The van der Waals surface area contributed by atoms with Crippen LogP contribution in [0.1, 0.15) is 25.7 Å². The molecule has 2 heterocycles. The van der Waals surface area contributed by atoms with Gasteiger partial charge in [-0.05, 0) is 30.7 Å². The number of benzene rings is 1. The van der Waals surface area contributed by atoms with E-state index in [-0.39, 0.29) is 0 Å². The number of hydrogen-bond acceptors (Lipinski definition) is 3. The van der Waals surface area contributed by atoms with Crippen molar-refractivity contribution in [3.8, 4) is 0 Å². The lowest BCUT2D eigenvalue weighted by molar-refractivity contribution is 0.161. The maximum absolute atomic E-state index is 4.67. The molecule has 1 aromatic carbocycles. The Hall–Kier alpha value is -1.61. The van der Waals surface area contributed by atoms with E-state index in [4.69, 9.17) is 0 Å². The van der Waals surface area contributed by atoms with Crippen molar-refractivity contribution in [1.82, 2.24) is 9.88 Å². The number of rotatable bonds is 2. The number of anilines is 1. The molecule has 2 aromatic rings. The first-order chi connectivity index (χ1) is 10.9. The molecule has 0 N–H and O–H groups in total. The molecular weight excluding hydrogens is 270 g/mol. The smallest absolute Gasteiger partial charge is 0.136 e. The first kappa shape index (κ1) is 14.0. The highest BCUT2D eigenvalue weighted by molar-refractivity contribution is 5.92. The number of aromatic nitrogens is 1. The summed E-state index contributed by atoms with van der Waals surface area (Å²) in [5, 5.41) is 2.57. The van der Waals surface area contributed by atoms with Crippen LogP contribution < -0.4 is 4.90 Å². The van der Waals surface area contributed by atoms with Gasteiger partial charge in [-0.15, -0.1) is 0 Å². The molecule has 1 unspecified atom stereocenters. The van der Waals surface area contributed by atoms with Crippen molar-refractivity contribution in [3.63, 3.8) is 0 Å². The minimum Gasteiger partial charge on any atom is -0.354 e. The topological polar surface area (TPSA) is 19.4 Å². The summed E-state index contributed by atoms with van der Waals surface area (Å²) in [6, 6.07) is 11.5. The molecule has 22 heavy (non-hydrogen) atoms. The fourth-order valence-corrected chi connectivity index (χ4v) is 3.91. The summed E-state index contributed by atoms with van der Waals surface area (Å²) < 4.78 is 0. The van der Waals surface area contributed by atoms with E-state index in [1.807, 2.05) is 6.20 Å². The molecule has 2 aliphatic rings. The highest BCUT2D eigenvalue weighted by Crippen LogP contribution is 2.27. The summed E-state index contributed by atoms with van der Waals surface area (Å²) in [5.41, 5.74) is 0. The predicted octanol–water partition coefficient (Wildman–Crippen LogP) is 3.50. The fraction of sp³-hybridized carbons (Fsp3) is 0.474. The van der Waals surface area contributed by atoms with Crippen LogP contribution in [0.4, 0.5) is 5.82 Å². The normalized spacial score (nSPS) is 21.4. The summed E-state index contributed by atoms with van der Waals surface area (Å²) >= 11 is 0. The van der Waals surface area contributed by atoms with Gasteiger partial charge in [-0.3, -0.25) is 4.90 Å². The molecule has 1 saturated carbocycles. The van der Waals surface area contributed by atoms with Crippen molar-refractivity contribution in [2.75, 3.05) is 31.1 Å². The first-order valence-electron chi connectivity index (χ1n) is 8.56. The zero-order valence-corrected chi connectivity index (χ0v) is 13.1. The average molecular weight is 294 g/mol. The van der Waals surface area contributed by atoms with Gasteiger partial charge in [-0.1, -0.05) is 37.1 Å². The third-order valence-corrected chi connectivity index (χ3v) is 5.17. The van der Waals surface area contributed by atoms with E-state index in [1.165, 1.54) is 49.5 Å². The van der Waals surface area contributed by atoms with Gasteiger partial charge >= 0.3 is 0 Å². The summed E-state index contributed by atoms with van der Waals surface area (Å²) in [4.78, 5) is 9.82. The maximum Gasteiger partial charge on any atom is 0.136 e. The SMILES string of the molecule is [CH]1CCCC(N2CCN(c3nccc4ccccc34)CC2)C1. The Morgan fingerprint density at radius 2 is 1.86 bits per heavy atom. The van der Waals surface area contributed by atoms with E-state index in [0.29, 0.717) is 0 Å². The number of pyridine rings is 1. The molecule has 1 radical (unpaired) electrons.